The van der Waals surface area contributed by atoms with Crippen molar-refractivity contribution in [2.45, 2.75) is 51.0 Å². The number of nitrogens with one attached hydrogen (secondary N) is 2. The normalized spacial score (nSPS) is 21.4. The summed E-state index contributed by atoms with van der Waals surface area (Å²) in [5.41, 5.74) is 0.107. The topological polar surface area (TPSA) is 79.8 Å². The van der Waals surface area contributed by atoms with Crippen LogP contribution in [0, 0.1) is 11.3 Å². The molecule has 2 N–H and O–H groups in total. The first kappa shape index (κ1) is 22.7. The summed E-state index contributed by atoms with van der Waals surface area (Å²) in [6, 6.07) is 8.59. The molecular formula is C21H35N3O3S. The molecule has 1 saturated heterocycles. The lowest BCUT2D eigenvalue weighted by Crippen LogP contribution is -2.47. The number of hydrogen-bond acceptors (Lipinski definition) is 4. The average molecular weight is 410 g/mol. The molecule has 0 aliphatic carbocycles. The zero-order valence-corrected chi connectivity index (χ0v) is 18.4. The predicted octanol–water partition coefficient (Wildman–Crippen LogP) is 2.86. The van der Waals surface area contributed by atoms with Crippen molar-refractivity contribution in [1.29, 1.82) is 0 Å². The van der Waals surface area contributed by atoms with E-state index in [-0.39, 0.29) is 17.3 Å². The molecule has 7 heteroatoms. The summed E-state index contributed by atoms with van der Waals surface area (Å²) in [4.78, 5) is 4.63. The van der Waals surface area contributed by atoms with Gasteiger partial charge in [-0.15, -0.1) is 0 Å². The number of rotatable bonds is 7. The van der Waals surface area contributed by atoms with Gasteiger partial charge in [0.2, 0.25) is 0 Å². The van der Waals surface area contributed by atoms with E-state index in [9.17, 15) is 8.42 Å². The maximum atomic E-state index is 12.3. The van der Waals surface area contributed by atoms with Crippen LogP contribution in [0.4, 0.5) is 0 Å². The highest BCUT2D eigenvalue weighted by atomic mass is 32.2. The number of aliphatic imine (C=N–C) groups is 1. The van der Waals surface area contributed by atoms with E-state index in [2.05, 4.69) is 36.4 Å². The molecule has 2 rings (SSSR count). The highest BCUT2D eigenvalue weighted by molar-refractivity contribution is 7.91. The Bertz CT molecular complexity index is 727. The Morgan fingerprint density at radius 1 is 1.21 bits per heavy atom. The fourth-order valence-corrected chi connectivity index (χ4v) is 5.00. The van der Waals surface area contributed by atoms with Crippen LogP contribution >= 0.6 is 0 Å². The number of benzene rings is 1. The molecule has 1 aromatic carbocycles. The lowest BCUT2D eigenvalue weighted by Gasteiger charge is -2.40. The number of guanidine groups is 1. The van der Waals surface area contributed by atoms with Crippen LogP contribution in [-0.2, 0) is 14.6 Å². The van der Waals surface area contributed by atoms with Gasteiger partial charge in [-0.05, 0) is 36.8 Å². The Balaban J connectivity index is 1.77. The largest absolute Gasteiger partial charge is 0.377 e. The van der Waals surface area contributed by atoms with E-state index in [0.29, 0.717) is 29.7 Å². The standard InChI is InChI=1S/C21H35N3O3S/c1-21(2,3)19-17(10-8-14-27-19)16-24-20(22-4)23-13-9-15-28(25,26)18-11-6-5-7-12-18/h5-7,11-12,17,19H,8-10,13-16H2,1-4H3,(H2,22,23,24). The molecule has 158 valence electrons. The van der Waals surface area contributed by atoms with Gasteiger partial charge in [0.15, 0.2) is 15.8 Å². The molecule has 1 aromatic rings. The van der Waals surface area contributed by atoms with Gasteiger partial charge in [-0.25, -0.2) is 8.42 Å². The van der Waals surface area contributed by atoms with Crippen LogP contribution in [0.25, 0.3) is 0 Å². The molecule has 6 nitrogen and oxygen atoms in total. The second kappa shape index (κ2) is 10.3. The van der Waals surface area contributed by atoms with Crippen LogP contribution in [0.3, 0.4) is 0 Å². The van der Waals surface area contributed by atoms with Gasteiger partial charge >= 0.3 is 0 Å². The molecule has 0 radical (unpaired) electrons. The van der Waals surface area contributed by atoms with Gasteiger partial charge in [-0.3, -0.25) is 4.99 Å². The van der Waals surface area contributed by atoms with Gasteiger partial charge in [0.05, 0.1) is 16.8 Å². The Labute approximate surface area is 170 Å². The lowest BCUT2D eigenvalue weighted by atomic mass is 9.78. The summed E-state index contributed by atoms with van der Waals surface area (Å²) < 4.78 is 30.7. The first-order valence-electron chi connectivity index (χ1n) is 10.1. The van der Waals surface area contributed by atoms with Crippen molar-refractivity contribution in [3.8, 4) is 0 Å². The Hall–Kier alpha value is -1.60. The van der Waals surface area contributed by atoms with Crippen LogP contribution in [0.1, 0.15) is 40.0 Å². The molecule has 0 amide bonds. The van der Waals surface area contributed by atoms with Crippen LogP contribution in [0.15, 0.2) is 40.2 Å². The minimum absolute atomic E-state index is 0.107. The number of sulfone groups is 1. The first-order chi connectivity index (χ1) is 13.2. The summed E-state index contributed by atoms with van der Waals surface area (Å²) in [6.07, 6.45) is 2.97. The number of nitrogens with zero attached hydrogens (tertiary/aromatic N) is 1. The summed E-state index contributed by atoms with van der Waals surface area (Å²) in [5, 5.41) is 6.60. The Morgan fingerprint density at radius 3 is 2.57 bits per heavy atom. The molecule has 0 aromatic heterocycles. The summed E-state index contributed by atoms with van der Waals surface area (Å²) >= 11 is 0. The Kier molecular flexibility index (Phi) is 8.31. The maximum Gasteiger partial charge on any atom is 0.190 e. The van der Waals surface area contributed by atoms with Gasteiger partial charge in [0.1, 0.15) is 0 Å². The highest BCUT2D eigenvalue weighted by Gasteiger charge is 2.35. The summed E-state index contributed by atoms with van der Waals surface area (Å²) in [5.74, 6) is 1.25. The summed E-state index contributed by atoms with van der Waals surface area (Å²) in [7, 11) is -1.50. The van der Waals surface area contributed by atoms with Gasteiger partial charge in [0.25, 0.3) is 0 Å². The molecule has 1 fully saturated rings. The number of ether oxygens (including phenoxy) is 1. The van der Waals surface area contributed by atoms with Gasteiger partial charge in [0, 0.05) is 32.7 Å². The van der Waals surface area contributed by atoms with E-state index < -0.39 is 9.84 Å². The molecule has 1 aliphatic heterocycles. The third-order valence-corrected chi connectivity index (χ3v) is 6.85. The molecule has 1 aliphatic rings. The van der Waals surface area contributed by atoms with Gasteiger partial charge < -0.3 is 15.4 Å². The van der Waals surface area contributed by atoms with E-state index in [4.69, 9.17) is 4.74 Å². The predicted molar refractivity (Wildman–Crippen MR) is 114 cm³/mol. The molecule has 0 saturated carbocycles. The summed E-state index contributed by atoms with van der Waals surface area (Å²) in [6.45, 7) is 8.84. The van der Waals surface area contributed by atoms with Crippen molar-refractivity contribution in [3.63, 3.8) is 0 Å². The van der Waals surface area contributed by atoms with Crippen LogP contribution in [0.5, 0.6) is 0 Å². The second-order valence-electron chi connectivity index (χ2n) is 8.43. The molecule has 2 atom stereocenters. The zero-order valence-electron chi connectivity index (χ0n) is 17.6. The SMILES string of the molecule is CN=C(NCCCS(=O)(=O)c1ccccc1)NCC1CCCOC1C(C)(C)C. The maximum absolute atomic E-state index is 12.3. The molecule has 28 heavy (non-hydrogen) atoms. The van der Waals surface area contributed by atoms with Crippen molar-refractivity contribution >= 4 is 15.8 Å². The number of hydrogen-bond donors (Lipinski definition) is 2. The van der Waals surface area contributed by atoms with Crippen molar-refractivity contribution in [2.75, 3.05) is 32.5 Å². The van der Waals surface area contributed by atoms with Crippen molar-refractivity contribution in [2.24, 2.45) is 16.3 Å². The molecule has 0 bridgehead atoms. The van der Waals surface area contributed by atoms with E-state index >= 15 is 0 Å². The van der Waals surface area contributed by atoms with Crippen LogP contribution in [0.2, 0.25) is 0 Å². The third kappa shape index (κ3) is 6.78. The average Bonchev–Trinajstić information content (AvgIpc) is 2.67. The van der Waals surface area contributed by atoms with Crippen molar-refractivity contribution in [3.05, 3.63) is 30.3 Å². The van der Waals surface area contributed by atoms with Gasteiger partial charge in [-0.2, -0.15) is 0 Å². The minimum Gasteiger partial charge on any atom is -0.377 e. The van der Waals surface area contributed by atoms with Crippen molar-refractivity contribution < 1.29 is 13.2 Å². The Morgan fingerprint density at radius 2 is 1.93 bits per heavy atom. The lowest BCUT2D eigenvalue weighted by molar-refractivity contribution is -0.0835. The smallest absolute Gasteiger partial charge is 0.190 e. The molecule has 2 unspecified atom stereocenters. The molecule has 0 spiro atoms. The zero-order chi connectivity index (χ0) is 20.6. The molecular weight excluding hydrogens is 374 g/mol. The van der Waals surface area contributed by atoms with E-state index in [1.54, 1.807) is 31.3 Å². The third-order valence-electron chi connectivity index (χ3n) is 5.04. The van der Waals surface area contributed by atoms with E-state index in [1.807, 2.05) is 6.07 Å². The van der Waals surface area contributed by atoms with Crippen molar-refractivity contribution in [1.82, 2.24) is 10.6 Å². The quantitative estimate of drug-likeness (QED) is 0.411. The fourth-order valence-electron chi connectivity index (χ4n) is 3.67. The molecule has 1 heterocycles. The first-order valence-corrected chi connectivity index (χ1v) is 11.7. The second-order valence-corrected chi connectivity index (χ2v) is 10.5. The highest BCUT2D eigenvalue weighted by Crippen LogP contribution is 2.33. The van der Waals surface area contributed by atoms with Crippen LogP contribution < -0.4 is 10.6 Å². The fraction of sp³-hybridized carbons (Fsp3) is 0.667. The van der Waals surface area contributed by atoms with E-state index in [0.717, 1.165) is 26.0 Å². The minimum atomic E-state index is -3.23. The van der Waals surface area contributed by atoms with Crippen LogP contribution in [-0.4, -0.2) is 53.0 Å². The van der Waals surface area contributed by atoms with Gasteiger partial charge in [-0.1, -0.05) is 39.0 Å². The monoisotopic (exact) mass is 409 g/mol. The van der Waals surface area contributed by atoms with E-state index in [1.165, 1.54) is 0 Å².